The van der Waals surface area contributed by atoms with Crippen LogP contribution in [-0.4, -0.2) is 32.2 Å². The van der Waals surface area contributed by atoms with Crippen molar-refractivity contribution in [3.8, 4) is 0 Å². The Hall–Kier alpha value is -1.50. The summed E-state index contributed by atoms with van der Waals surface area (Å²) in [7, 11) is -3.63. The molecule has 1 aromatic carbocycles. The topological polar surface area (TPSA) is 68.3 Å². The zero-order valence-corrected chi connectivity index (χ0v) is 13.6. The van der Waals surface area contributed by atoms with E-state index in [0.717, 1.165) is 10.9 Å². The Balaban J connectivity index is 2.02. The van der Waals surface area contributed by atoms with Crippen molar-refractivity contribution in [2.24, 2.45) is 0 Å². The molecule has 1 aromatic heterocycles. The molecule has 2 aromatic rings. The van der Waals surface area contributed by atoms with Gasteiger partial charge in [0.05, 0.1) is 5.52 Å². The number of nitrogens with one attached hydrogen (secondary N) is 1. The third-order valence-corrected chi connectivity index (χ3v) is 5.75. The van der Waals surface area contributed by atoms with Crippen molar-refractivity contribution in [1.29, 1.82) is 0 Å². The van der Waals surface area contributed by atoms with Crippen LogP contribution in [0.4, 0.5) is 0 Å². The molecule has 22 heavy (non-hydrogen) atoms. The molecule has 0 radical (unpaired) electrons. The zero-order valence-electron chi connectivity index (χ0n) is 12.8. The zero-order chi connectivity index (χ0) is 15.8. The SMILES string of the molecule is Cc1cnc2c(S(=O)(=O)NC3(C)CCOCC3)cccc2c1. The van der Waals surface area contributed by atoms with Crippen LogP contribution in [0.3, 0.4) is 0 Å². The first-order valence-electron chi connectivity index (χ1n) is 7.37. The lowest BCUT2D eigenvalue weighted by molar-refractivity contribution is 0.0537. The minimum Gasteiger partial charge on any atom is -0.381 e. The van der Waals surface area contributed by atoms with Gasteiger partial charge in [-0.2, -0.15) is 0 Å². The fourth-order valence-electron chi connectivity index (χ4n) is 2.76. The average Bonchev–Trinajstić information content (AvgIpc) is 2.46. The van der Waals surface area contributed by atoms with Crippen LogP contribution >= 0.6 is 0 Å². The molecule has 6 heteroatoms. The maximum atomic E-state index is 12.8. The molecule has 0 spiro atoms. The van der Waals surface area contributed by atoms with Gasteiger partial charge < -0.3 is 4.74 Å². The standard InChI is InChI=1S/C16H20N2O3S/c1-12-10-13-4-3-5-14(15(13)17-11-12)22(19,20)18-16(2)6-8-21-9-7-16/h3-5,10-11,18H,6-9H2,1-2H3. The highest BCUT2D eigenvalue weighted by Gasteiger charge is 2.33. The summed E-state index contributed by atoms with van der Waals surface area (Å²) in [4.78, 5) is 4.55. The number of rotatable bonds is 3. The van der Waals surface area contributed by atoms with E-state index in [4.69, 9.17) is 4.74 Å². The van der Waals surface area contributed by atoms with E-state index in [1.165, 1.54) is 0 Å². The predicted octanol–water partition coefficient (Wildman–Crippen LogP) is 2.39. The fourth-order valence-corrected chi connectivity index (χ4v) is 4.41. The van der Waals surface area contributed by atoms with Crippen LogP contribution in [0.25, 0.3) is 10.9 Å². The summed E-state index contributed by atoms with van der Waals surface area (Å²) in [5, 5.41) is 0.833. The second-order valence-corrected chi connectivity index (χ2v) is 7.77. The molecule has 1 fully saturated rings. The number of benzene rings is 1. The van der Waals surface area contributed by atoms with E-state index >= 15 is 0 Å². The quantitative estimate of drug-likeness (QED) is 0.943. The fraction of sp³-hybridized carbons (Fsp3) is 0.438. The molecule has 1 aliphatic heterocycles. The predicted molar refractivity (Wildman–Crippen MR) is 85.3 cm³/mol. The van der Waals surface area contributed by atoms with Gasteiger partial charge in [0.25, 0.3) is 0 Å². The average molecular weight is 320 g/mol. The van der Waals surface area contributed by atoms with Crippen LogP contribution in [0.15, 0.2) is 35.4 Å². The van der Waals surface area contributed by atoms with Crippen LogP contribution in [-0.2, 0) is 14.8 Å². The van der Waals surface area contributed by atoms with Gasteiger partial charge in [-0.05, 0) is 44.4 Å². The summed E-state index contributed by atoms with van der Waals surface area (Å²) in [6, 6.07) is 7.18. The van der Waals surface area contributed by atoms with E-state index in [1.54, 1.807) is 18.3 Å². The van der Waals surface area contributed by atoms with Gasteiger partial charge >= 0.3 is 0 Å². The number of aromatic nitrogens is 1. The van der Waals surface area contributed by atoms with Crippen LogP contribution < -0.4 is 4.72 Å². The summed E-state index contributed by atoms with van der Waals surface area (Å²) in [6.07, 6.45) is 3.03. The van der Waals surface area contributed by atoms with Crippen molar-refractivity contribution in [2.45, 2.75) is 37.1 Å². The van der Waals surface area contributed by atoms with Crippen molar-refractivity contribution in [3.63, 3.8) is 0 Å². The first kappa shape index (κ1) is 15.4. The normalized spacial score (nSPS) is 18.5. The van der Waals surface area contributed by atoms with E-state index in [2.05, 4.69) is 9.71 Å². The summed E-state index contributed by atoms with van der Waals surface area (Å²) >= 11 is 0. The summed E-state index contributed by atoms with van der Waals surface area (Å²) < 4.78 is 33.8. The van der Waals surface area contributed by atoms with Gasteiger partial charge in [0.2, 0.25) is 10.0 Å². The molecule has 0 aliphatic carbocycles. The highest BCUT2D eigenvalue weighted by molar-refractivity contribution is 7.89. The number of hydrogen-bond donors (Lipinski definition) is 1. The monoisotopic (exact) mass is 320 g/mol. The van der Waals surface area contributed by atoms with Gasteiger partial charge in [0.1, 0.15) is 4.90 Å². The summed E-state index contributed by atoms with van der Waals surface area (Å²) in [5.74, 6) is 0. The van der Waals surface area contributed by atoms with Crippen molar-refractivity contribution < 1.29 is 13.2 Å². The molecule has 2 heterocycles. The van der Waals surface area contributed by atoms with E-state index in [1.807, 2.05) is 26.0 Å². The van der Waals surface area contributed by atoms with E-state index in [-0.39, 0.29) is 4.90 Å². The van der Waals surface area contributed by atoms with Gasteiger partial charge in [-0.1, -0.05) is 12.1 Å². The second kappa shape index (κ2) is 5.61. The van der Waals surface area contributed by atoms with Gasteiger partial charge in [-0.15, -0.1) is 0 Å². The number of sulfonamides is 1. The lowest BCUT2D eigenvalue weighted by Gasteiger charge is -2.34. The van der Waals surface area contributed by atoms with E-state index in [0.29, 0.717) is 31.6 Å². The first-order chi connectivity index (χ1) is 10.4. The van der Waals surface area contributed by atoms with E-state index in [9.17, 15) is 8.42 Å². The third-order valence-electron chi connectivity index (χ3n) is 4.08. The Morgan fingerprint density at radius 1 is 1.27 bits per heavy atom. The minimum atomic E-state index is -3.63. The molecule has 1 saturated heterocycles. The number of aryl methyl sites for hydroxylation is 1. The highest BCUT2D eigenvalue weighted by Crippen LogP contribution is 2.26. The number of para-hydroxylation sites is 1. The van der Waals surface area contributed by atoms with Gasteiger partial charge in [0, 0.05) is 30.3 Å². The van der Waals surface area contributed by atoms with Gasteiger partial charge in [0.15, 0.2) is 0 Å². The molecular formula is C16H20N2O3S. The molecule has 3 rings (SSSR count). The smallest absolute Gasteiger partial charge is 0.243 e. The molecule has 0 atom stereocenters. The molecule has 5 nitrogen and oxygen atoms in total. The van der Waals surface area contributed by atoms with Crippen molar-refractivity contribution in [3.05, 3.63) is 36.0 Å². The van der Waals surface area contributed by atoms with Crippen LogP contribution in [0.2, 0.25) is 0 Å². The Kier molecular flexibility index (Phi) is 3.92. The third kappa shape index (κ3) is 2.99. The molecule has 118 valence electrons. The van der Waals surface area contributed by atoms with Crippen LogP contribution in [0, 0.1) is 6.92 Å². The maximum Gasteiger partial charge on any atom is 0.243 e. The number of nitrogens with zero attached hydrogens (tertiary/aromatic N) is 1. The lowest BCUT2D eigenvalue weighted by Crippen LogP contribution is -2.49. The highest BCUT2D eigenvalue weighted by atomic mass is 32.2. The first-order valence-corrected chi connectivity index (χ1v) is 8.85. The Morgan fingerprint density at radius 2 is 2.00 bits per heavy atom. The summed E-state index contributed by atoms with van der Waals surface area (Å²) in [6.45, 7) is 5.02. The Morgan fingerprint density at radius 3 is 2.73 bits per heavy atom. The molecule has 0 amide bonds. The second-order valence-electron chi connectivity index (χ2n) is 6.12. The Labute approximate surface area is 130 Å². The van der Waals surface area contributed by atoms with Gasteiger partial charge in [-0.25, -0.2) is 13.1 Å². The number of pyridine rings is 1. The molecule has 0 saturated carbocycles. The Bertz CT molecular complexity index is 796. The number of fused-ring (bicyclic) bond motifs is 1. The molecule has 1 aliphatic rings. The lowest BCUT2D eigenvalue weighted by atomic mass is 9.94. The van der Waals surface area contributed by atoms with Gasteiger partial charge in [-0.3, -0.25) is 4.98 Å². The molecule has 0 unspecified atom stereocenters. The molecule has 1 N–H and O–H groups in total. The molecular weight excluding hydrogens is 300 g/mol. The largest absolute Gasteiger partial charge is 0.381 e. The minimum absolute atomic E-state index is 0.234. The number of ether oxygens (including phenoxy) is 1. The van der Waals surface area contributed by atoms with Crippen molar-refractivity contribution >= 4 is 20.9 Å². The van der Waals surface area contributed by atoms with Crippen LogP contribution in [0.1, 0.15) is 25.3 Å². The number of hydrogen-bond acceptors (Lipinski definition) is 4. The molecule has 0 bridgehead atoms. The summed E-state index contributed by atoms with van der Waals surface area (Å²) in [5.41, 5.74) is 1.05. The van der Waals surface area contributed by atoms with E-state index < -0.39 is 15.6 Å². The van der Waals surface area contributed by atoms with Crippen LogP contribution in [0.5, 0.6) is 0 Å². The van der Waals surface area contributed by atoms with Crippen molar-refractivity contribution in [2.75, 3.05) is 13.2 Å². The maximum absolute atomic E-state index is 12.8. The van der Waals surface area contributed by atoms with Crippen molar-refractivity contribution in [1.82, 2.24) is 9.71 Å².